The summed E-state index contributed by atoms with van der Waals surface area (Å²) in [5.74, 6) is -0.653. The fourth-order valence-corrected chi connectivity index (χ4v) is 0.590. The predicted molar refractivity (Wildman–Crippen MR) is 39.6 cm³/mol. The Labute approximate surface area is 63.1 Å². The highest BCUT2D eigenvalue weighted by molar-refractivity contribution is 5.95. The molecule has 0 saturated heterocycles. The molecule has 0 aromatic carbocycles. The summed E-state index contributed by atoms with van der Waals surface area (Å²) < 4.78 is 0. The van der Waals surface area contributed by atoms with Crippen LogP contribution in [-0.2, 0) is 4.79 Å². The molecule has 0 spiro atoms. The number of hydrogen-bond acceptors (Lipinski definition) is 4. The summed E-state index contributed by atoms with van der Waals surface area (Å²) >= 11 is 0. The minimum atomic E-state index is -0.653. The van der Waals surface area contributed by atoms with Crippen molar-refractivity contribution in [2.45, 2.75) is 6.42 Å². The quantitative estimate of drug-likeness (QED) is 0.407. The van der Waals surface area contributed by atoms with E-state index in [0.29, 0.717) is 6.42 Å². The molecule has 0 aliphatic carbocycles. The number of aliphatic imine (C=N–C) groups is 2. The summed E-state index contributed by atoms with van der Waals surface area (Å²) in [7, 11) is 0. The van der Waals surface area contributed by atoms with E-state index in [1.807, 2.05) is 0 Å². The SMILES string of the molecule is O=C(NO)C1=CN=CCC=N1. The van der Waals surface area contributed by atoms with E-state index in [4.69, 9.17) is 5.21 Å². The van der Waals surface area contributed by atoms with Gasteiger partial charge in [0.05, 0.1) is 6.20 Å². The van der Waals surface area contributed by atoms with E-state index in [0.717, 1.165) is 0 Å². The molecule has 1 heterocycles. The molecule has 0 fully saturated rings. The maximum absolute atomic E-state index is 10.7. The van der Waals surface area contributed by atoms with Crippen LogP contribution in [0.25, 0.3) is 0 Å². The van der Waals surface area contributed by atoms with Crippen molar-refractivity contribution in [2.75, 3.05) is 0 Å². The summed E-state index contributed by atoms with van der Waals surface area (Å²) in [4.78, 5) is 18.2. The average molecular weight is 153 g/mol. The monoisotopic (exact) mass is 153 g/mol. The Morgan fingerprint density at radius 2 is 2.45 bits per heavy atom. The van der Waals surface area contributed by atoms with Gasteiger partial charge in [0.2, 0.25) is 0 Å². The number of nitrogens with zero attached hydrogens (tertiary/aromatic N) is 2. The van der Waals surface area contributed by atoms with Gasteiger partial charge >= 0.3 is 0 Å². The van der Waals surface area contributed by atoms with Gasteiger partial charge in [0.1, 0.15) is 5.70 Å². The lowest BCUT2D eigenvalue weighted by Gasteiger charge is -1.94. The van der Waals surface area contributed by atoms with Gasteiger partial charge in [-0.1, -0.05) is 0 Å². The Morgan fingerprint density at radius 3 is 3.18 bits per heavy atom. The number of carbonyl (C=O) groups excluding carboxylic acids is 1. The molecule has 0 aromatic rings. The molecule has 0 bridgehead atoms. The third-order valence-corrected chi connectivity index (χ3v) is 1.08. The minimum absolute atomic E-state index is 0.0984. The molecule has 11 heavy (non-hydrogen) atoms. The molecule has 1 aliphatic heterocycles. The van der Waals surface area contributed by atoms with Gasteiger partial charge in [-0.2, -0.15) is 0 Å². The van der Waals surface area contributed by atoms with Gasteiger partial charge in [-0.15, -0.1) is 0 Å². The summed E-state index contributed by atoms with van der Waals surface area (Å²) in [6.45, 7) is 0. The second-order valence-corrected chi connectivity index (χ2v) is 1.83. The smallest absolute Gasteiger partial charge is 0.288 e. The molecule has 0 unspecified atom stereocenters. The van der Waals surface area contributed by atoms with E-state index < -0.39 is 5.91 Å². The number of hydroxylamine groups is 1. The van der Waals surface area contributed by atoms with Crippen molar-refractivity contribution in [2.24, 2.45) is 9.98 Å². The van der Waals surface area contributed by atoms with Crippen LogP contribution in [-0.4, -0.2) is 23.5 Å². The standard InChI is InChI=1S/C6H7N3O2/c10-6(9-11)5-4-7-2-1-3-8-5/h2-4,11H,1H2,(H,9,10). The molecule has 5 heteroatoms. The van der Waals surface area contributed by atoms with E-state index in [1.165, 1.54) is 17.9 Å². The number of carbonyl (C=O) groups is 1. The molecule has 58 valence electrons. The molecular formula is C6H7N3O2. The molecule has 0 atom stereocenters. The maximum Gasteiger partial charge on any atom is 0.294 e. The fourth-order valence-electron chi connectivity index (χ4n) is 0.590. The van der Waals surface area contributed by atoms with Crippen LogP contribution in [0.2, 0.25) is 0 Å². The topological polar surface area (TPSA) is 74.0 Å². The van der Waals surface area contributed by atoms with E-state index in [1.54, 1.807) is 6.21 Å². The summed E-state index contributed by atoms with van der Waals surface area (Å²) in [5.41, 5.74) is 1.57. The lowest BCUT2D eigenvalue weighted by molar-refractivity contribution is -0.125. The first kappa shape index (κ1) is 7.62. The molecule has 0 aromatic heterocycles. The molecular weight excluding hydrogens is 146 g/mol. The van der Waals surface area contributed by atoms with Crippen molar-refractivity contribution in [3.05, 3.63) is 11.9 Å². The van der Waals surface area contributed by atoms with Gasteiger partial charge in [0.25, 0.3) is 5.91 Å². The first-order valence-corrected chi connectivity index (χ1v) is 3.03. The number of amides is 1. The second kappa shape index (κ2) is 3.62. The van der Waals surface area contributed by atoms with Crippen LogP contribution in [0.3, 0.4) is 0 Å². The normalized spacial score (nSPS) is 15.5. The van der Waals surface area contributed by atoms with Crippen molar-refractivity contribution >= 4 is 18.3 Å². The third kappa shape index (κ3) is 1.98. The molecule has 2 N–H and O–H groups in total. The van der Waals surface area contributed by atoms with Crippen LogP contribution in [0.5, 0.6) is 0 Å². The Kier molecular flexibility index (Phi) is 2.51. The van der Waals surface area contributed by atoms with Crippen molar-refractivity contribution in [3.63, 3.8) is 0 Å². The van der Waals surface area contributed by atoms with Gasteiger partial charge < -0.3 is 0 Å². The third-order valence-electron chi connectivity index (χ3n) is 1.08. The Hall–Kier alpha value is -1.49. The first-order valence-electron chi connectivity index (χ1n) is 3.03. The molecule has 1 amide bonds. The zero-order valence-corrected chi connectivity index (χ0v) is 5.69. The van der Waals surface area contributed by atoms with Crippen molar-refractivity contribution in [1.82, 2.24) is 5.48 Å². The van der Waals surface area contributed by atoms with Gasteiger partial charge in [-0.25, -0.2) is 5.48 Å². The maximum atomic E-state index is 10.7. The lowest BCUT2D eigenvalue weighted by atomic mass is 10.4. The highest BCUT2D eigenvalue weighted by Crippen LogP contribution is 1.98. The van der Waals surface area contributed by atoms with E-state index in [2.05, 4.69) is 9.98 Å². The Bertz CT molecular complexity index is 242. The van der Waals surface area contributed by atoms with E-state index >= 15 is 0 Å². The summed E-state index contributed by atoms with van der Waals surface area (Å²) in [6.07, 6.45) is 5.03. The van der Waals surface area contributed by atoms with Crippen LogP contribution in [0, 0.1) is 0 Å². The Morgan fingerprint density at radius 1 is 1.64 bits per heavy atom. The average Bonchev–Trinajstić information content (AvgIpc) is 2.30. The second-order valence-electron chi connectivity index (χ2n) is 1.83. The predicted octanol–water partition coefficient (Wildman–Crippen LogP) is -0.122. The summed E-state index contributed by atoms with van der Waals surface area (Å²) in [6, 6.07) is 0. The zero-order chi connectivity index (χ0) is 8.10. The van der Waals surface area contributed by atoms with Gasteiger partial charge in [0, 0.05) is 18.9 Å². The lowest BCUT2D eigenvalue weighted by Crippen LogP contribution is -2.19. The number of rotatable bonds is 1. The molecule has 1 rings (SSSR count). The van der Waals surface area contributed by atoms with Crippen molar-refractivity contribution in [3.8, 4) is 0 Å². The highest BCUT2D eigenvalue weighted by atomic mass is 16.5. The van der Waals surface area contributed by atoms with Crippen molar-refractivity contribution in [1.29, 1.82) is 0 Å². The van der Waals surface area contributed by atoms with Crippen LogP contribution < -0.4 is 5.48 Å². The van der Waals surface area contributed by atoms with Crippen LogP contribution in [0.15, 0.2) is 21.9 Å². The van der Waals surface area contributed by atoms with E-state index in [-0.39, 0.29) is 5.70 Å². The number of nitrogens with one attached hydrogen (secondary N) is 1. The van der Waals surface area contributed by atoms with Crippen molar-refractivity contribution < 1.29 is 10.0 Å². The van der Waals surface area contributed by atoms with Gasteiger partial charge in [-0.3, -0.25) is 20.0 Å². The molecule has 5 nitrogen and oxygen atoms in total. The van der Waals surface area contributed by atoms with Gasteiger partial charge in [0.15, 0.2) is 0 Å². The Balaban J connectivity index is 2.77. The van der Waals surface area contributed by atoms with Crippen LogP contribution >= 0.6 is 0 Å². The molecule has 1 aliphatic rings. The number of hydrogen-bond donors (Lipinski definition) is 2. The largest absolute Gasteiger partial charge is 0.294 e. The van der Waals surface area contributed by atoms with Crippen LogP contribution in [0.4, 0.5) is 0 Å². The highest BCUT2D eigenvalue weighted by Gasteiger charge is 2.05. The zero-order valence-electron chi connectivity index (χ0n) is 5.69. The minimum Gasteiger partial charge on any atom is -0.288 e. The van der Waals surface area contributed by atoms with Crippen LogP contribution in [0.1, 0.15) is 6.42 Å². The fraction of sp³-hybridized carbons (Fsp3) is 0.167. The molecule has 0 radical (unpaired) electrons. The summed E-state index contributed by atoms with van der Waals surface area (Å²) in [5, 5.41) is 8.21. The molecule has 0 saturated carbocycles. The van der Waals surface area contributed by atoms with Gasteiger partial charge in [-0.05, 0) is 0 Å². The first-order chi connectivity index (χ1) is 5.34. The van der Waals surface area contributed by atoms with E-state index in [9.17, 15) is 4.79 Å².